The quantitative estimate of drug-likeness (QED) is 0.547. The van der Waals surface area contributed by atoms with Gasteiger partial charge in [-0.15, -0.1) is 5.10 Å². The first-order valence-corrected chi connectivity index (χ1v) is 9.64. The Morgan fingerprint density at radius 3 is 2.39 bits per heavy atom. The molecule has 0 fully saturated rings. The van der Waals surface area contributed by atoms with Crippen LogP contribution in [0.1, 0.15) is 25.1 Å². The van der Waals surface area contributed by atoms with Crippen molar-refractivity contribution in [1.82, 2.24) is 29.9 Å². The van der Waals surface area contributed by atoms with Crippen molar-refractivity contribution in [3.63, 3.8) is 0 Å². The molecule has 0 radical (unpaired) electrons. The fraction of sp³-hybridized carbons (Fsp3) is 0.444. The molecule has 0 bridgehead atoms. The van der Waals surface area contributed by atoms with E-state index in [0.29, 0.717) is 33.2 Å². The lowest BCUT2D eigenvalue weighted by Gasteiger charge is -2.15. The number of hydrogen-bond donors (Lipinski definition) is 0. The second kappa shape index (κ2) is 8.89. The van der Waals surface area contributed by atoms with Gasteiger partial charge in [-0.2, -0.15) is 0 Å². The van der Waals surface area contributed by atoms with E-state index in [1.54, 1.807) is 10.7 Å². The van der Waals surface area contributed by atoms with E-state index in [1.165, 1.54) is 14.2 Å². The summed E-state index contributed by atoms with van der Waals surface area (Å²) in [5.74, 6) is 0.553. The molecule has 0 saturated carbocycles. The number of hydrogen-bond acceptors (Lipinski definition) is 7. The highest BCUT2D eigenvalue weighted by Gasteiger charge is 2.18. The first-order valence-electron chi connectivity index (χ1n) is 8.88. The smallest absolute Gasteiger partial charge is 0.278 e. The van der Waals surface area contributed by atoms with Gasteiger partial charge in [-0.1, -0.05) is 42.3 Å². The average Bonchev–Trinajstić information content (AvgIpc) is 3.15. The Morgan fingerprint density at radius 2 is 1.75 bits per heavy atom. The third-order valence-corrected chi connectivity index (χ3v) is 5.28. The van der Waals surface area contributed by atoms with Crippen LogP contribution in [0.2, 0.25) is 10.0 Å². The highest BCUT2D eigenvalue weighted by molar-refractivity contribution is 6.43. The van der Waals surface area contributed by atoms with Crippen LogP contribution in [0.25, 0.3) is 11.0 Å². The van der Waals surface area contributed by atoms with E-state index < -0.39 is 0 Å². The molecule has 2 aromatic heterocycles. The van der Waals surface area contributed by atoms with Crippen LogP contribution in [0, 0.1) is 0 Å². The van der Waals surface area contributed by atoms with Crippen LogP contribution in [-0.2, 0) is 13.1 Å². The van der Waals surface area contributed by atoms with Crippen LogP contribution in [0.4, 0.5) is 0 Å². The molecule has 0 spiro atoms. The van der Waals surface area contributed by atoms with Crippen LogP contribution >= 0.6 is 23.2 Å². The maximum atomic E-state index is 6.49. The number of fused-ring (bicyclic) bond motifs is 1. The molecular weight excluding hydrogens is 403 g/mol. The van der Waals surface area contributed by atoms with E-state index in [1.807, 2.05) is 6.20 Å². The lowest BCUT2D eigenvalue weighted by Crippen LogP contribution is -2.22. The van der Waals surface area contributed by atoms with Gasteiger partial charge in [0.15, 0.2) is 0 Å². The molecule has 3 aromatic rings. The van der Waals surface area contributed by atoms with Crippen molar-refractivity contribution in [1.29, 1.82) is 0 Å². The van der Waals surface area contributed by atoms with Gasteiger partial charge in [-0.3, -0.25) is 4.90 Å². The highest BCUT2D eigenvalue weighted by Crippen LogP contribution is 2.35. The summed E-state index contributed by atoms with van der Waals surface area (Å²) in [6.45, 7) is 7.22. The van der Waals surface area contributed by atoms with Crippen molar-refractivity contribution in [3.05, 3.63) is 33.6 Å². The molecule has 28 heavy (non-hydrogen) atoms. The molecule has 0 N–H and O–H groups in total. The lowest BCUT2D eigenvalue weighted by molar-refractivity contribution is 0.292. The maximum Gasteiger partial charge on any atom is 0.278 e. The topological polar surface area (TPSA) is 78.2 Å². The number of nitrogens with zero attached hydrogens (tertiary/aromatic N) is 6. The monoisotopic (exact) mass is 424 g/mol. The largest absolute Gasteiger partial charge is 0.477 e. The Bertz CT molecular complexity index is 974. The van der Waals surface area contributed by atoms with Crippen molar-refractivity contribution < 1.29 is 9.47 Å². The van der Waals surface area contributed by atoms with Crippen molar-refractivity contribution in [3.8, 4) is 11.8 Å². The predicted molar refractivity (Wildman–Crippen MR) is 108 cm³/mol. The molecule has 0 aliphatic carbocycles. The molecule has 1 aromatic carbocycles. The molecule has 0 saturated heterocycles. The van der Waals surface area contributed by atoms with Crippen LogP contribution < -0.4 is 9.47 Å². The molecule has 0 unspecified atom stereocenters. The van der Waals surface area contributed by atoms with Crippen molar-refractivity contribution >= 4 is 34.2 Å². The summed E-state index contributed by atoms with van der Waals surface area (Å²) in [5.41, 5.74) is 2.71. The molecular formula is C18H22Cl2N6O2. The summed E-state index contributed by atoms with van der Waals surface area (Å²) in [5, 5.41) is 9.26. The van der Waals surface area contributed by atoms with E-state index >= 15 is 0 Å². The van der Waals surface area contributed by atoms with Gasteiger partial charge in [0.1, 0.15) is 0 Å². The van der Waals surface area contributed by atoms with Gasteiger partial charge in [-0.05, 0) is 19.2 Å². The predicted octanol–water partition coefficient (Wildman–Crippen LogP) is 3.44. The van der Waals surface area contributed by atoms with Crippen molar-refractivity contribution in [2.45, 2.75) is 26.9 Å². The fourth-order valence-electron chi connectivity index (χ4n) is 2.91. The van der Waals surface area contributed by atoms with Gasteiger partial charge in [0, 0.05) is 12.1 Å². The molecule has 0 aliphatic heterocycles. The molecule has 10 heteroatoms. The van der Waals surface area contributed by atoms with Crippen molar-refractivity contribution in [2.75, 3.05) is 27.3 Å². The zero-order valence-electron chi connectivity index (χ0n) is 16.2. The Morgan fingerprint density at radius 1 is 1.07 bits per heavy atom. The third kappa shape index (κ3) is 4.14. The number of ether oxygens (including phenoxy) is 2. The second-order valence-corrected chi connectivity index (χ2v) is 6.91. The number of methoxy groups -OCH3 is 2. The van der Waals surface area contributed by atoms with Crippen LogP contribution in [-0.4, -0.2) is 57.2 Å². The van der Waals surface area contributed by atoms with Gasteiger partial charge < -0.3 is 9.47 Å². The van der Waals surface area contributed by atoms with Gasteiger partial charge in [0.2, 0.25) is 0 Å². The fourth-order valence-corrected chi connectivity index (χ4v) is 3.33. The SMILES string of the molecule is CCN(CC)Cc1cn(Cc2c(Cl)c(Cl)cc3nc(OC)c(OC)nc23)nn1. The Hall–Kier alpha value is -2.16. The van der Waals surface area contributed by atoms with Crippen LogP contribution in [0.3, 0.4) is 0 Å². The second-order valence-electron chi connectivity index (χ2n) is 6.13. The Labute approximate surface area is 173 Å². The highest BCUT2D eigenvalue weighted by atomic mass is 35.5. The summed E-state index contributed by atoms with van der Waals surface area (Å²) in [4.78, 5) is 11.2. The van der Waals surface area contributed by atoms with Gasteiger partial charge in [-0.25, -0.2) is 14.6 Å². The number of halogens is 2. The molecule has 2 heterocycles. The maximum absolute atomic E-state index is 6.49. The number of aromatic nitrogens is 5. The van der Waals surface area contributed by atoms with Crippen LogP contribution in [0.15, 0.2) is 12.3 Å². The van der Waals surface area contributed by atoms with E-state index in [0.717, 1.165) is 25.3 Å². The third-order valence-electron chi connectivity index (χ3n) is 4.46. The zero-order valence-corrected chi connectivity index (χ0v) is 17.8. The van der Waals surface area contributed by atoms with E-state index in [9.17, 15) is 0 Å². The van der Waals surface area contributed by atoms with Gasteiger partial charge in [0.25, 0.3) is 11.8 Å². The summed E-state index contributed by atoms with van der Waals surface area (Å²) >= 11 is 12.8. The number of rotatable bonds is 8. The van der Waals surface area contributed by atoms with Crippen LogP contribution in [0.5, 0.6) is 11.8 Å². The minimum absolute atomic E-state index is 0.274. The first-order chi connectivity index (χ1) is 13.5. The van der Waals surface area contributed by atoms with E-state index in [2.05, 4.69) is 39.0 Å². The van der Waals surface area contributed by atoms with Crippen molar-refractivity contribution in [2.24, 2.45) is 0 Å². The molecule has 150 valence electrons. The van der Waals surface area contributed by atoms with E-state index in [4.69, 9.17) is 32.7 Å². The minimum Gasteiger partial charge on any atom is -0.477 e. The summed E-state index contributed by atoms with van der Waals surface area (Å²) in [6, 6.07) is 1.66. The molecule has 3 rings (SSSR count). The zero-order chi connectivity index (χ0) is 20.3. The molecule has 8 nitrogen and oxygen atoms in total. The summed E-state index contributed by atoms with van der Waals surface area (Å²) < 4.78 is 12.2. The Kier molecular flexibility index (Phi) is 6.53. The molecule has 0 atom stereocenters. The average molecular weight is 425 g/mol. The standard InChI is InChI=1S/C18H22Cl2N6O2/c1-5-25(6-2)8-11-9-26(24-23-11)10-12-15(20)13(19)7-14-16(12)22-18(28-4)17(21-14)27-3/h7,9H,5-6,8,10H2,1-4H3. The normalized spacial score (nSPS) is 11.4. The first kappa shape index (κ1) is 20.6. The minimum atomic E-state index is 0.274. The lowest BCUT2D eigenvalue weighted by atomic mass is 10.1. The summed E-state index contributed by atoms with van der Waals surface area (Å²) in [7, 11) is 3.01. The molecule has 0 aliphatic rings. The Balaban J connectivity index is 2.00. The van der Waals surface area contributed by atoms with Gasteiger partial charge >= 0.3 is 0 Å². The van der Waals surface area contributed by atoms with E-state index in [-0.39, 0.29) is 11.8 Å². The molecule has 0 amide bonds. The number of benzene rings is 1. The summed E-state index contributed by atoms with van der Waals surface area (Å²) in [6.07, 6.45) is 1.90. The van der Waals surface area contributed by atoms with Gasteiger partial charge in [0.05, 0.1) is 53.7 Å².